The number of hydrogen-bond acceptors (Lipinski definition) is 3. The number of aryl methyl sites for hydroxylation is 1. The van der Waals surface area contributed by atoms with Gasteiger partial charge in [-0.25, -0.2) is 0 Å². The van der Waals surface area contributed by atoms with E-state index in [1.54, 1.807) is 12.1 Å². The quantitative estimate of drug-likeness (QED) is 0.588. The summed E-state index contributed by atoms with van der Waals surface area (Å²) in [6.07, 6.45) is 0.768. The van der Waals surface area contributed by atoms with Gasteiger partial charge in [-0.15, -0.1) is 0 Å². The number of nitrogens with one attached hydrogen (secondary N) is 2. The van der Waals surface area contributed by atoms with E-state index < -0.39 is 0 Å². The molecule has 0 heterocycles. The van der Waals surface area contributed by atoms with Gasteiger partial charge in [0, 0.05) is 22.8 Å². The van der Waals surface area contributed by atoms with Crippen LogP contribution in [0.1, 0.15) is 21.5 Å². The second kappa shape index (κ2) is 7.11. The van der Waals surface area contributed by atoms with Crippen LogP contribution in [0.15, 0.2) is 42.5 Å². The summed E-state index contributed by atoms with van der Waals surface area (Å²) in [7, 11) is 0. The highest BCUT2D eigenvalue weighted by Gasteiger charge is 2.08. The van der Waals surface area contributed by atoms with E-state index in [4.69, 9.17) is 17.4 Å². The molecule has 0 radical (unpaired) electrons. The molecule has 0 aromatic heterocycles. The van der Waals surface area contributed by atoms with Crippen LogP contribution in [0.4, 0.5) is 5.69 Å². The lowest BCUT2D eigenvalue weighted by molar-refractivity contribution is 0.0953. The van der Waals surface area contributed by atoms with Crippen molar-refractivity contribution in [3.05, 3.63) is 64.2 Å². The fraction of sp³-hybridized carbons (Fsp3) is 0.188. The first kappa shape index (κ1) is 15.4. The molecule has 110 valence electrons. The van der Waals surface area contributed by atoms with Gasteiger partial charge in [0.15, 0.2) is 0 Å². The van der Waals surface area contributed by atoms with Crippen molar-refractivity contribution in [2.24, 2.45) is 5.84 Å². The third kappa shape index (κ3) is 4.21. The Balaban J connectivity index is 1.91. The number of carbonyl (C=O) groups excluding carboxylic acids is 1. The molecule has 0 aliphatic carbocycles. The first-order valence-corrected chi connectivity index (χ1v) is 7.08. The summed E-state index contributed by atoms with van der Waals surface area (Å²) in [6, 6.07) is 13.0. The zero-order valence-corrected chi connectivity index (χ0v) is 12.6. The van der Waals surface area contributed by atoms with Gasteiger partial charge in [0.1, 0.15) is 0 Å². The van der Waals surface area contributed by atoms with Crippen LogP contribution in [0.25, 0.3) is 0 Å². The van der Waals surface area contributed by atoms with Gasteiger partial charge >= 0.3 is 0 Å². The normalized spacial score (nSPS) is 10.2. The van der Waals surface area contributed by atoms with Crippen molar-refractivity contribution in [1.82, 2.24) is 5.32 Å². The second-order valence-corrected chi connectivity index (χ2v) is 5.24. The van der Waals surface area contributed by atoms with Gasteiger partial charge in [-0.3, -0.25) is 10.6 Å². The van der Waals surface area contributed by atoms with Crippen molar-refractivity contribution in [2.75, 3.05) is 12.0 Å². The molecule has 0 bridgehead atoms. The van der Waals surface area contributed by atoms with Crippen molar-refractivity contribution in [3.63, 3.8) is 0 Å². The van der Waals surface area contributed by atoms with Gasteiger partial charge in [-0.05, 0) is 54.8 Å². The second-order valence-electron chi connectivity index (χ2n) is 4.81. The van der Waals surface area contributed by atoms with Gasteiger partial charge in [0.05, 0.1) is 0 Å². The summed E-state index contributed by atoms with van der Waals surface area (Å²) < 4.78 is 0. The van der Waals surface area contributed by atoms with Crippen LogP contribution in [0.5, 0.6) is 0 Å². The Morgan fingerprint density at radius 1 is 1.19 bits per heavy atom. The smallest absolute Gasteiger partial charge is 0.251 e. The average Bonchev–Trinajstić information content (AvgIpc) is 2.49. The van der Waals surface area contributed by atoms with E-state index >= 15 is 0 Å². The van der Waals surface area contributed by atoms with Gasteiger partial charge < -0.3 is 10.7 Å². The number of benzene rings is 2. The number of rotatable bonds is 5. The summed E-state index contributed by atoms with van der Waals surface area (Å²) in [4.78, 5) is 12.1. The Morgan fingerprint density at radius 2 is 1.90 bits per heavy atom. The Kier molecular flexibility index (Phi) is 5.20. The monoisotopic (exact) mass is 303 g/mol. The summed E-state index contributed by atoms with van der Waals surface area (Å²) in [5, 5.41) is 3.63. The van der Waals surface area contributed by atoms with E-state index in [9.17, 15) is 4.79 Å². The van der Waals surface area contributed by atoms with Crippen LogP contribution in [-0.2, 0) is 6.42 Å². The molecule has 2 rings (SSSR count). The van der Waals surface area contributed by atoms with E-state index in [2.05, 4.69) is 10.7 Å². The number of nitrogens with two attached hydrogens (primary N) is 1. The highest BCUT2D eigenvalue weighted by Crippen LogP contribution is 2.14. The molecule has 5 heteroatoms. The summed E-state index contributed by atoms with van der Waals surface area (Å²) in [6.45, 7) is 2.46. The van der Waals surface area contributed by atoms with Crippen molar-refractivity contribution in [1.29, 1.82) is 0 Å². The van der Waals surface area contributed by atoms with Crippen molar-refractivity contribution in [2.45, 2.75) is 13.3 Å². The van der Waals surface area contributed by atoms with Crippen molar-refractivity contribution in [3.8, 4) is 0 Å². The van der Waals surface area contributed by atoms with E-state index in [1.165, 1.54) is 0 Å². The largest absolute Gasteiger partial charge is 0.352 e. The van der Waals surface area contributed by atoms with Crippen LogP contribution >= 0.6 is 11.6 Å². The fourth-order valence-electron chi connectivity index (χ4n) is 2.07. The predicted octanol–water partition coefficient (Wildman–Crippen LogP) is 2.91. The molecule has 0 aliphatic heterocycles. The summed E-state index contributed by atoms with van der Waals surface area (Å²) in [5.41, 5.74) is 6.02. The molecule has 21 heavy (non-hydrogen) atoms. The van der Waals surface area contributed by atoms with Gasteiger partial charge in [0.2, 0.25) is 0 Å². The maximum absolute atomic E-state index is 12.1. The topological polar surface area (TPSA) is 67.1 Å². The number of nitrogen functional groups attached to an aromatic ring is 1. The third-order valence-electron chi connectivity index (χ3n) is 3.25. The van der Waals surface area contributed by atoms with Crippen molar-refractivity contribution >= 4 is 23.2 Å². The molecular formula is C16H18ClN3O. The molecule has 0 atom stereocenters. The number of hydrazine groups is 1. The zero-order valence-electron chi connectivity index (χ0n) is 11.8. The van der Waals surface area contributed by atoms with E-state index in [-0.39, 0.29) is 5.91 Å². The number of halogens is 1. The lowest BCUT2D eigenvalue weighted by Crippen LogP contribution is -2.26. The van der Waals surface area contributed by atoms with E-state index in [0.29, 0.717) is 17.1 Å². The standard InChI is InChI=1S/C16H18ClN3O/c1-11-10-14(20-18)6-7-15(11)16(21)19-9-8-12-2-4-13(17)5-3-12/h2-7,10,20H,8-9,18H2,1H3,(H,19,21). The maximum atomic E-state index is 12.1. The minimum Gasteiger partial charge on any atom is -0.352 e. The van der Waals surface area contributed by atoms with Gasteiger partial charge in [-0.1, -0.05) is 23.7 Å². The Bertz CT molecular complexity index is 626. The molecule has 0 aliphatic rings. The Hall–Kier alpha value is -2.04. The number of anilines is 1. The summed E-state index contributed by atoms with van der Waals surface area (Å²) in [5.74, 6) is 5.26. The molecule has 0 saturated heterocycles. The Labute approximate surface area is 129 Å². The Morgan fingerprint density at radius 3 is 2.52 bits per heavy atom. The molecule has 1 amide bonds. The lowest BCUT2D eigenvalue weighted by Gasteiger charge is -2.09. The minimum absolute atomic E-state index is 0.0787. The number of amides is 1. The SMILES string of the molecule is Cc1cc(NN)ccc1C(=O)NCCc1ccc(Cl)cc1. The fourth-order valence-corrected chi connectivity index (χ4v) is 2.20. The van der Waals surface area contributed by atoms with Crippen LogP contribution in [0.2, 0.25) is 5.02 Å². The molecule has 0 spiro atoms. The first-order valence-electron chi connectivity index (χ1n) is 6.70. The van der Waals surface area contributed by atoms with Crippen LogP contribution in [0, 0.1) is 6.92 Å². The highest BCUT2D eigenvalue weighted by molar-refractivity contribution is 6.30. The highest BCUT2D eigenvalue weighted by atomic mass is 35.5. The lowest BCUT2D eigenvalue weighted by atomic mass is 10.1. The molecule has 0 fully saturated rings. The van der Waals surface area contributed by atoms with E-state index in [0.717, 1.165) is 23.2 Å². The predicted molar refractivity (Wildman–Crippen MR) is 86.5 cm³/mol. The third-order valence-corrected chi connectivity index (χ3v) is 3.50. The number of carbonyl (C=O) groups is 1. The molecule has 2 aromatic rings. The number of hydrogen-bond donors (Lipinski definition) is 3. The minimum atomic E-state index is -0.0787. The molecule has 4 N–H and O–H groups in total. The van der Waals surface area contributed by atoms with Crippen LogP contribution in [0.3, 0.4) is 0 Å². The maximum Gasteiger partial charge on any atom is 0.251 e. The molecule has 2 aromatic carbocycles. The first-order chi connectivity index (χ1) is 10.1. The van der Waals surface area contributed by atoms with E-state index in [1.807, 2.05) is 37.3 Å². The van der Waals surface area contributed by atoms with Gasteiger partial charge in [-0.2, -0.15) is 0 Å². The molecule has 4 nitrogen and oxygen atoms in total. The average molecular weight is 304 g/mol. The van der Waals surface area contributed by atoms with Crippen LogP contribution < -0.4 is 16.6 Å². The molecule has 0 unspecified atom stereocenters. The summed E-state index contributed by atoms with van der Waals surface area (Å²) >= 11 is 5.83. The molecule has 0 saturated carbocycles. The van der Waals surface area contributed by atoms with Gasteiger partial charge in [0.25, 0.3) is 5.91 Å². The van der Waals surface area contributed by atoms with Crippen molar-refractivity contribution < 1.29 is 4.79 Å². The van der Waals surface area contributed by atoms with Crippen LogP contribution in [-0.4, -0.2) is 12.5 Å². The zero-order chi connectivity index (χ0) is 15.2. The molecular weight excluding hydrogens is 286 g/mol.